The monoisotopic (exact) mass is 436 g/mol. The predicted octanol–water partition coefficient (Wildman–Crippen LogP) is 5.17. The number of halogens is 3. The molecule has 0 aliphatic rings. The summed E-state index contributed by atoms with van der Waals surface area (Å²) in [5.41, 5.74) is 1.13. The maximum Gasteiger partial charge on any atom is 0.481 e. The normalized spacial score (nSPS) is 16.2. The van der Waals surface area contributed by atoms with Gasteiger partial charge in [-0.1, -0.05) is 29.4 Å². The molecule has 0 saturated carbocycles. The van der Waals surface area contributed by atoms with Crippen molar-refractivity contribution in [2.24, 2.45) is 0 Å². The molecule has 0 fully saturated rings. The molecule has 0 amide bonds. The zero-order valence-electron chi connectivity index (χ0n) is 15.3. The zero-order chi connectivity index (χ0) is 21.3. The number of hydrogen-bond acceptors (Lipinski definition) is 4. The Labute approximate surface area is 156 Å². The van der Waals surface area contributed by atoms with Crippen LogP contribution in [0.1, 0.15) is 46.5 Å². The number of hydrogen-bond donors (Lipinski definition) is 3. The molecule has 0 aromatic heterocycles. The van der Waals surface area contributed by atoms with Gasteiger partial charge in [-0.2, -0.15) is 17.5 Å². The first kappa shape index (κ1) is 26.3. The Balaban J connectivity index is 4.77. The van der Waals surface area contributed by atoms with Crippen molar-refractivity contribution in [3.8, 4) is 0 Å². The number of allylic oxidation sites excluding steroid dienone is 5. The van der Waals surface area contributed by atoms with Crippen molar-refractivity contribution in [1.82, 2.24) is 0 Å². The van der Waals surface area contributed by atoms with Crippen molar-refractivity contribution >= 4 is 15.6 Å². The van der Waals surface area contributed by atoms with E-state index in [0.29, 0.717) is 6.08 Å². The lowest BCUT2D eigenvalue weighted by Gasteiger charge is -2.13. The molecular formula is C15H25F3O7P2. The van der Waals surface area contributed by atoms with Crippen LogP contribution in [0.5, 0.6) is 0 Å². The molecule has 0 aromatic rings. The third-order valence-electron chi connectivity index (χ3n) is 3.14. The van der Waals surface area contributed by atoms with E-state index < -0.39 is 34.0 Å². The maximum atomic E-state index is 13.0. The molecule has 0 heterocycles. The van der Waals surface area contributed by atoms with Gasteiger partial charge in [0, 0.05) is 5.57 Å². The van der Waals surface area contributed by atoms with Gasteiger partial charge in [-0.05, 0) is 46.5 Å². The largest absolute Gasteiger partial charge is 0.481 e. The summed E-state index contributed by atoms with van der Waals surface area (Å²) in [4.78, 5) is 25.9. The van der Waals surface area contributed by atoms with E-state index in [1.54, 1.807) is 6.08 Å². The van der Waals surface area contributed by atoms with Gasteiger partial charge in [0.15, 0.2) is 0 Å². The van der Waals surface area contributed by atoms with Crippen LogP contribution < -0.4 is 0 Å². The summed E-state index contributed by atoms with van der Waals surface area (Å²) in [6.07, 6.45) is 0.854. The van der Waals surface area contributed by atoms with Crippen LogP contribution in [0, 0.1) is 0 Å². The lowest BCUT2D eigenvalue weighted by atomic mass is 10.1. The van der Waals surface area contributed by atoms with Crippen molar-refractivity contribution in [3.63, 3.8) is 0 Å². The molecule has 27 heavy (non-hydrogen) atoms. The van der Waals surface area contributed by atoms with Crippen molar-refractivity contribution in [3.05, 3.63) is 34.9 Å². The maximum absolute atomic E-state index is 13.0. The van der Waals surface area contributed by atoms with Gasteiger partial charge in [0.25, 0.3) is 0 Å². The Kier molecular flexibility index (Phi) is 11.0. The van der Waals surface area contributed by atoms with Crippen LogP contribution in [0.3, 0.4) is 0 Å². The Hall–Kier alpha value is -0.730. The third kappa shape index (κ3) is 14.9. The van der Waals surface area contributed by atoms with Crippen molar-refractivity contribution in [2.45, 2.75) is 52.6 Å². The van der Waals surface area contributed by atoms with Crippen molar-refractivity contribution in [2.75, 3.05) is 6.61 Å². The van der Waals surface area contributed by atoms with Crippen molar-refractivity contribution < 1.29 is 45.8 Å². The lowest BCUT2D eigenvalue weighted by Crippen LogP contribution is -2.12. The van der Waals surface area contributed by atoms with Gasteiger partial charge in [-0.3, -0.25) is 4.52 Å². The minimum absolute atomic E-state index is 0.113. The number of phosphoric ester groups is 1. The van der Waals surface area contributed by atoms with Gasteiger partial charge >= 0.3 is 21.8 Å². The number of phosphoric acid groups is 2. The second kappa shape index (κ2) is 11.3. The summed E-state index contributed by atoms with van der Waals surface area (Å²) >= 11 is 0. The van der Waals surface area contributed by atoms with Crippen LogP contribution in [-0.4, -0.2) is 27.5 Å². The predicted molar refractivity (Wildman–Crippen MR) is 94.7 cm³/mol. The van der Waals surface area contributed by atoms with Crippen LogP contribution in [0.25, 0.3) is 0 Å². The zero-order valence-corrected chi connectivity index (χ0v) is 17.1. The first-order valence-electron chi connectivity index (χ1n) is 7.92. The molecule has 0 aliphatic carbocycles. The van der Waals surface area contributed by atoms with Gasteiger partial charge in [-0.15, -0.1) is 0 Å². The molecule has 1 atom stereocenters. The summed E-state index contributed by atoms with van der Waals surface area (Å²) in [6.45, 7) is 4.74. The fourth-order valence-electron chi connectivity index (χ4n) is 1.91. The number of rotatable bonds is 11. The molecule has 0 rings (SSSR count). The third-order valence-corrected chi connectivity index (χ3v) is 5.29. The van der Waals surface area contributed by atoms with E-state index in [4.69, 9.17) is 14.7 Å². The number of alkyl halides is 3. The molecule has 0 aliphatic heterocycles. The first-order chi connectivity index (χ1) is 12.1. The Morgan fingerprint density at radius 3 is 2.00 bits per heavy atom. The first-order valence-corrected chi connectivity index (χ1v) is 10.9. The van der Waals surface area contributed by atoms with E-state index in [1.807, 2.05) is 26.8 Å². The highest BCUT2D eigenvalue weighted by Gasteiger charge is 2.34. The fourth-order valence-corrected chi connectivity index (χ4v) is 3.44. The SMILES string of the molecule is CC(C)=CCC/C(C)=C/CC/C(=C/COP(=O)(O)OP(=O)(O)O)C(F)(F)F. The molecule has 0 aromatic carbocycles. The highest BCUT2D eigenvalue weighted by molar-refractivity contribution is 7.60. The van der Waals surface area contributed by atoms with Gasteiger partial charge < -0.3 is 14.7 Å². The minimum Gasteiger partial charge on any atom is -0.302 e. The van der Waals surface area contributed by atoms with E-state index in [1.165, 1.54) is 0 Å². The van der Waals surface area contributed by atoms with E-state index in [2.05, 4.69) is 8.83 Å². The van der Waals surface area contributed by atoms with Gasteiger partial charge in [0.1, 0.15) is 0 Å². The Morgan fingerprint density at radius 1 is 0.963 bits per heavy atom. The molecule has 0 spiro atoms. The summed E-state index contributed by atoms with van der Waals surface area (Å²) in [5.74, 6) is 0. The second-order valence-electron chi connectivity index (χ2n) is 5.97. The molecular weight excluding hydrogens is 411 g/mol. The molecule has 1 unspecified atom stereocenters. The van der Waals surface area contributed by atoms with Gasteiger partial charge in [-0.25, -0.2) is 9.13 Å². The van der Waals surface area contributed by atoms with Gasteiger partial charge in [0.05, 0.1) is 6.61 Å². The molecule has 158 valence electrons. The van der Waals surface area contributed by atoms with Crippen LogP contribution >= 0.6 is 15.6 Å². The quantitative estimate of drug-likeness (QED) is 0.302. The molecule has 7 nitrogen and oxygen atoms in total. The average molecular weight is 436 g/mol. The summed E-state index contributed by atoms with van der Waals surface area (Å²) in [5, 5.41) is 0. The van der Waals surface area contributed by atoms with E-state index in [-0.39, 0.29) is 12.8 Å². The van der Waals surface area contributed by atoms with Crippen LogP contribution in [0.15, 0.2) is 34.9 Å². The fraction of sp³-hybridized carbons (Fsp3) is 0.600. The lowest BCUT2D eigenvalue weighted by molar-refractivity contribution is -0.0944. The smallest absolute Gasteiger partial charge is 0.302 e. The van der Waals surface area contributed by atoms with E-state index in [0.717, 1.165) is 24.0 Å². The minimum atomic E-state index is -5.32. The van der Waals surface area contributed by atoms with E-state index >= 15 is 0 Å². The molecule has 12 heteroatoms. The molecule has 0 radical (unpaired) electrons. The highest BCUT2D eigenvalue weighted by atomic mass is 31.3. The van der Waals surface area contributed by atoms with Crippen LogP contribution in [0.4, 0.5) is 13.2 Å². The summed E-state index contributed by atoms with van der Waals surface area (Å²) < 4.78 is 68.3. The highest BCUT2D eigenvalue weighted by Crippen LogP contribution is 2.57. The standard InChI is InChI=1S/C15H25F3O7P2/c1-12(2)6-4-7-13(3)8-5-9-14(15(16,17)18)10-11-24-27(22,23)25-26(19,20)21/h6,8,10H,4-5,7,9,11H2,1-3H3,(H,22,23)(H2,19,20,21)/b13-8+,14-10-. The Bertz CT molecular complexity index is 659. The average Bonchev–Trinajstić information content (AvgIpc) is 2.41. The second-order valence-corrected chi connectivity index (χ2v) is 8.80. The summed E-state index contributed by atoms with van der Waals surface area (Å²) in [6, 6.07) is 0. The van der Waals surface area contributed by atoms with E-state index in [9.17, 15) is 22.3 Å². The Morgan fingerprint density at radius 2 is 1.52 bits per heavy atom. The molecule has 3 N–H and O–H groups in total. The van der Waals surface area contributed by atoms with Crippen LogP contribution in [0.2, 0.25) is 0 Å². The van der Waals surface area contributed by atoms with Crippen LogP contribution in [-0.2, 0) is 18.0 Å². The van der Waals surface area contributed by atoms with Crippen molar-refractivity contribution in [1.29, 1.82) is 0 Å². The summed E-state index contributed by atoms with van der Waals surface area (Å²) in [7, 11) is -10.5. The molecule has 0 bridgehead atoms. The topological polar surface area (TPSA) is 113 Å². The molecule has 0 saturated heterocycles. The van der Waals surface area contributed by atoms with Gasteiger partial charge in [0.2, 0.25) is 0 Å².